The number of halogens is 2. The van der Waals surface area contributed by atoms with Crippen molar-refractivity contribution in [2.75, 3.05) is 0 Å². The zero-order valence-corrected chi connectivity index (χ0v) is 22.3. The van der Waals surface area contributed by atoms with Gasteiger partial charge in [-0.05, 0) is 58.0 Å². The second-order valence-electron chi connectivity index (χ2n) is 9.09. The monoisotopic (exact) mass is 570 g/mol. The highest BCUT2D eigenvalue weighted by Crippen LogP contribution is 2.30. The van der Waals surface area contributed by atoms with E-state index in [0.29, 0.717) is 39.0 Å². The molecule has 10 nitrogen and oxygen atoms in total. The van der Waals surface area contributed by atoms with Gasteiger partial charge in [-0.2, -0.15) is 19.2 Å². The zero-order valence-electron chi connectivity index (χ0n) is 20.7. The molecule has 0 spiro atoms. The Hall–Kier alpha value is -4.80. The normalized spacial score (nSPS) is 11.9. The molecular weight excluding hydrogens is 551 g/mol. The Morgan fingerprint density at radius 2 is 1.62 bits per heavy atom. The third-order valence-corrected chi connectivity index (χ3v) is 7.04. The first-order valence-corrected chi connectivity index (χ1v) is 12.9. The molecule has 4 aromatic heterocycles. The molecule has 0 fully saturated rings. The molecule has 0 amide bonds. The molecule has 0 N–H and O–H groups in total. The van der Waals surface area contributed by atoms with Crippen molar-refractivity contribution in [1.29, 1.82) is 0 Å². The summed E-state index contributed by atoms with van der Waals surface area (Å²) in [5.41, 5.74) is 5.16. The van der Waals surface area contributed by atoms with Gasteiger partial charge in [-0.3, -0.25) is 4.68 Å². The van der Waals surface area contributed by atoms with Crippen molar-refractivity contribution < 1.29 is 9.46 Å². The van der Waals surface area contributed by atoms with E-state index in [9.17, 15) is 10.4 Å². The molecule has 12 heteroatoms. The van der Waals surface area contributed by atoms with Crippen LogP contribution < -0.4 is 9.46 Å². The van der Waals surface area contributed by atoms with Crippen molar-refractivity contribution >= 4 is 23.2 Å². The number of benzene rings is 2. The second kappa shape index (κ2) is 10.8. The van der Waals surface area contributed by atoms with Crippen LogP contribution in [-0.4, -0.2) is 30.0 Å². The van der Waals surface area contributed by atoms with Gasteiger partial charge >= 0.3 is 0 Å². The molecule has 6 aromatic rings. The van der Waals surface area contributed by atoms with Gasteiger partial charge in [-0.25, -0.2) is 0 Å². The van der Waals surface area contributed by atoms with E-state index in [0.717, 1.165) is 26.2 Å². The molecule has 0 aliphatic rings. The standard InChI is InChI=1S/C28H20Cl2N8O2/c29-23-4-1-19(2-5-23)13-28(36-16-22(15-32-36)20-9-11-35(39)12-10-20)27-7-3-21(17-38(27)40)25-14-24(30)6-8-26(25)37-18-31-33-34-37/h1-12,14-18,28H,13H2. The molecule has 40 heavy (non-hydrogen) atoms. The van der Waals surface area contributed by atoms with Crippen molar-refractivity contribution in [1.82, 2.24) is 30.0 Å². The second-order valence-corrected chi connectivity index (χ2v) is 9.96. The fourth-order valence-corrected chi connectivity index (χ4v) is 4.86. The topological polar surface area (TPSA) is 115 Å². The summed E-state index contributed by atoms with van der Waals surface area (Å²) in [7, 11) is 0. The Balaban J connectivity index is 1.41. The summed E-state index contributed by atoms with van der Waals surface area (Å²) < 4.78 is 4.85. The number of nitrogens with zero attached hydrogens (tertiary/aromatic N) is 8. The van der Waals surface area contributed by atoms with Gasteiger partial charge in [0.05, 0.1) is 11.9 Å². The summed E-state index contributed by atoms with van der Waals surface area (Å²) in [6, 6.07) is 19.5. The van der Waals surface area contributed by atoms with Crippen LogP contribution in [0.5, 0.6) is 0 Å². The Morgan fingerprint density at radius 3 is 2.35 bits per heavy atom. The van der Waals surface area contributed by atoms with Crippen molar-refractivity contribution in [2.45, 2.75) is 12.5 Å². The lowest BCUT2D eigenvalue weighted by molar-refractivity contribution is -0.615. The molecule has 0 aliphatic heterocycles. The van der Waals surface area contributed by atoms with Crippen molar-refractivity contribution in [2.24, 2.45) is 0 Å². The van der Waals surface area contributed by atoms with Crippen LogP contribution in [0.4, 0.5) is 0 Å². The average molecular weight is 571 g/mol. The van der Waals surface area contributed by atoms with Crippen LogP contribution in [0, 0.1) is 10.4 Å². The number of aromatic nitrogens is 8. The van der Waals surface area contributed by atoms with Gasteiger partial charge in [0.2, 0.25) is 5.69 Å². The highest BCUT2D eigenvalue weighted by Gasteiger charge is 2.25. The van der Waals surface area contributed by atoms with Crippen molar-refractivity contribution in [3.8, 4) is 27.9 Å². The number of hydrogen-bond acceptors (Lipinski definition) is 6. The SMILES string of the molecule is [O-][n+]1ccc(-c2cnn(C(Cc3ccc(Cl)cc3)c3ccc(-c4cc(Cl)ccc4-n4cnnn4)c[n+]3[O-])c2)cc1. The van der Waals surface area contributed by atoms with Crippen LogP contribution in [0.15, 0.2) is 104 Å². The summed E-state index contributed by atoms with van der Waals surface area (Å²) in [5.74, 6) is 0. The van der Waals surface area contributed by atoms with E-state index in [1.165, 1.54) is 29.6 Å². The Bertz CT molecular complexity index is 1770. The van der Waals surface area contributed by atoms with Gasteiger partial charge in [0.25, 0.3) is 0 Å². The summed E-state index contributed by atoms with van der Waals surface area (Å²) in [6.45, 7) is 0. The van der Waals surface area contributed by atoms with Gasteiger partial charge in [-0.1, -0.05) is 35.3 Å². The average Bonchev–Trinajstić information content (AvgIpc) is 3.67. The van der Waals surface area contributed by atoms with Crippen LogP contribution in [0.3, 0.4) is 0 Å². The maximum absolute atomic E-state index is 13.6. The highest BCUT2D eigenvalue weighted by atomic mass is 35.5. The fourth-order valence-electron chi connectivity index (χ4n) is 4.56. The molecule has 6 rings (SSSR count). The molecule has 0 radical (unpaired) electrons. The lowest BCUT2D eigenvalue weighted by Crippen LogP contribution is -2.36. The van der Waals surface area contributed by atoms with E-state index in [-0.39, 0.29) is 0 Å². The fraction of sp³-hybridized carbons (Fsp3) is 0.0714. The summed E-state index contributed by atoms with van der Waals surface area (Å²) in [5, 5.41) is 42.2. The van der Waals surface area contributed by atoms with E-state index in [2.05, 4.69) is 20.6 Å². The number of hydrogen-bond donors (Lipinski definition) is 0. The predicted octanol–water partition coefficient (Wildman–Crippen LogP) is 4.60. The van der Waals surface area contributed by atoms with Crippen LogP contribution in [0.1, 0.15) is 17.3 Å². The molecule has 1 atom stereocenters. The predicted molar refractivity (Wildman–Crippen MR) is 148 cm³/mol. The first kappa shape index (κ1) is 25.5. The maximum atomic E-state index is 13.6. The first-order chi connectivity index (χ1) is 19.4. The highest BCUT2D eigenvalue weighted by molar-refractivity contribution is 6.31. The minimum absolute atomic E-state index is 0.437. The molecule has 4 heterocycles. The molecule has 0 aliphatic carbocycles. The molecule has 1 unspecified atom stereocenters. The molecule has 0 saturated heterocycles. The number of tetrazole rings is 1. The van der Waals surface area contributed by atoms with Crippen LogP contribution in [-0.2, 0) is 6.42 Å². The van der Waals surface area contributed by atoms with E-state index < -0.39 is 6.04 Å². The van der Waals surface area contributed by atoms with Crippen molar-refractivity contribution in [3.63, 3.8) is 0 Å². The molecule has 198 valence electrons. The largest absolute Gasteiger partial charge is 0.619 e. The third-order valence-electron chi connectivity index (χ3n) is 6.55. The lowest BCUT2D eigenvalue weighted by Gasteiger charge is -2.18. The van der Waals surface area contributed by atoms with Gasteiger partial charge in [0.15, 0.2) is 18.6 Å². The Kier molecular flexibility index (Phi) is 6.85. The number of rotatable bonds is 7. The van der Waals surface area contributed by atoms with Gasteiger partial charge in [0.1, 0.15) is 12.4 Å². The van der Waals surface area contributed by atoms with Crippen LogP contribution in [0.2, 0.25) is 10.0 Å². The molecule has 0 saturated carbocycles. The minimum atomic E-state index is -0.437. The molecule has 0 bridgehead atoms. The zero-order chi connectivity index (χ0) is 27.6. The first-order valence-electron chi connectivity index (χ1n) is 12.2. The maximum Gasteiger partial charge on any atom is 0.217 e. The number of pyridine rings is 2. The van der Waals surface area contributed by atoms with Gasteiger partial charge in [-0.15, -0.1) is 5.10 Å². The van der Waals surface area contributed by atoms with E-state index in [4.69, 9.17) is 23.2 Å². The van der Waals surface area contributed by atoms with E-state index in [1.807, 2.05) is 36.5 Å². The van der Waals surface area contributed by atoms with Gasteiger partial charge < -0.3 is 10.4 Å². The summed E-state index contributed by atoms with van der Waals surface area (Å²) in [6.07, 6.45) is 9.93. The molecular formula is C28H20Cl2N8O2. The lowest BCUT2D eigenvalue weighted by atomic mass is 10.0. The summed E-state index contributed by atoms with van der Waals surface area (Å²) in [4.78, 5) is 0. The Morgan fingerprint density at radius 1 is 0.850 bits per heavy atom. The van der Waals surface area contributed by atoms with Crippen LogP contribution in [0.25, 0.3) is 27.9 Å². The smallest absolute Gasteiger partial charge is 0.217 e. The van der Waals surface area contributed by atoms with Crippen molar-refractivity contribution in [3.05, 3.63) is 136 Å². The molecule has 2 aromatic carbocycles. The van der Waals surface area contributed by atoms with Gasteiger partial charge in [0, 0.05) is 57.6 Å². The minimum Gasteiger partial charge on any atom is -0.619 e. The van der Waals surface area contributed by atoms with Crippen LogP contribution >= 0.6 is 23.2 Å². The van der Waals surface area contributed by atoms with E-state index in [1.54, 1.807) is 47.3 Å². The van der Waals surface area contributed by atoms with E-state index >= 15 is 0 Å². The third kappa shape index (κ3) is 5.22. The Labute approximate surface area is 238 Å². The summed E-state index contributed by atoms with van der Waals surface area (Å²) >= 11 is 12.4. The quantitative estimate of drug-likeness (QED) is 0.204.